The van der Waals surface area contributed by atoms with Crippen LogP contribution in [0.2, 0.25) is 0 Å². The van der Waals surface area contributed by atoms with Crippen LogP contribution >= 0.6 is 0 Å². The van der Waals surface area contributed by atoms with Crippen LogP contribution in [0, 0.1) is 25.2 Å². The molecule has 3 unspecified atom stereocenters. The van der Waals surface area contributed by atoms with Gasteiger partial charge in [0.15, 0.2) is 0 Å². The summed E-state index contributed by atoms with van der Waals surface area (Å²) < 4.78 is 0. The van der Waals surface area contributed by atoms with Gasteiger partial charge in [0.25, 0.3) is 0 Å². The third-order valence-electron chi connectivity index (χ3n) is 4.98. The number of piperidine rings is 1. The Morgan fingerprint density at radius 3 is 2.62 bits per heavy atom. The summed E-state index contributed by atoms with van der Waals surface area (Å²) in [6.07, 6.45) is 2.47. The Bertz CT molecular complexity index is 497. The molecule has 1 aromatic heterocycles. The largest absolute Gasteiger partial charge is 0.340 e. The van der Waals surface area contributed by atoms with E-state index in [0.717, 1.165) is 37.0 Å². The molecule has 2 saturated heterocycles. The second-order valence-corrected chi connectivity index (χ2v) is 7.11. The molecule has 5 nitrogen and oxygen atoms in total. The highest BCUT2D eigenvalue weighted by molar-refractivity contribution is 5.34. The Balaban J connectivity index is 1.82. The molecule has 1 aromatic rings. The third kappa shape index (κ3) is 2.90. The smallest absolute Gasteiger partial charge is 0.225 e. The minimum absolute atomic E-state index is 0.266. The summed E-state index contributed by atoms with van der Waals surface area (Å²) in [5.74, 6) is 1.56. The Morgan fingerprint density at radius 2 is 2.00 bits per heavy atom. The number of nitrogens with one attached hydrogen (secondary N) is 2. The molecule has 0 saturated carbocycles. The lowest BCUT2D eigenvalue weighted by molar-refractivity contribution is 0.162. The monoisotopic (exact) mass is 289 g/mol. The Labute approximate surface area is 127 Å². The summed E-state index contributed by atoms with van der Waals surface area (Å²) in [4.78, 5) is 11.7. The normalized spacial score (nSPS) is 33.4. The maximum atomic E-state index is 4.65. The lowest BCUT2D eigenvalue weighted by Crippen LogP contribution is -2.54. The maximum Gasteiger partial charge on any atom is 0.225 e. The van der Waals surface area contributed by atoms with E-state index in [4.69, 9.17) is 0 Å². The van der Waals surface area contributed by atoms with E-state index in [1.165, 1.54) is 12.8 Å². The first kappa shape index (κ1) is 14.7. The summed E-state index contributed by atoms with van der Waals surface area (Å²) in [5.41, 5.74) is 9.19. The topological polar surface area (TPSA) is 53.1 Å². The van der Waals surface area contributed by atoms with Gasteiger partial charge in [-0.2, -0.15) is 0 Å². The average molecular weight is 289 g/mol. The van der Waals surface area contributed by atoms with Gasteiger partial charge in [0.2, 0.25) is 5.95 Å². The molecule has 0 bridgehead atoms. The minimum Gasteiger partial charge on any atom is -0.340 e. The molecule has 0 aliphatic carbocycles. The number of nitrogens with zero attached hydrogens (tertiary/aromatic N) is 3. The molecule has 3 atom stereocenters. The zero-order valence-corrected chi connectivity index (χ0v) is 13.6. The SMILES string of the molecule is Cc1cc(C)nc(N2CCCC(C)(C3NNCC3C)C2)n1. The van der Waals surface area contributed by atoms with Crippen molar-refractivity contribution in [1.82, 2.24) is 20.8 Å². The van der Waals surface area contributed by atoms with Gasteiger partial charge in [-0.05, 0) is 38.7 Å². The lowest BCUT2D eigenvalue weighted by Gasteiger charge is -2.45. The molecule has 2 aliphatic heterocycles. The zero-order valence-electron chi connectivity index (χ0n) is 13.6. The van der Waals surface area contributed by atoms with Gasteiger partial charge in [-0.1, -0.05) is 13.8 Å². The molecule has 0 spiro atoms. The first-order chi connectivity index (χ1) is 9.98. The maximum absolute atomic E-state index is 4.65. The Morgan fingerprint density at radius 1 is 1.29 bits per heavy atom. The quantitative estimate of drug-likeness (QED) is 0.870. The van der Waals surface area contributed by atoms with Crippen molar-refractivity contribution in [1.29, 1.82) is 0 Å². The number of hydrogen-bond acceptors (Lipinski definition) is 5. The van der Waals surface area contributed by atoms with Crippen LogP contribution in [0.15, 0.2) is 6.07 Å². The number of aryl methyl sites for hydroxylation is 2. The van der Waals surface area contributed by atoms with E-state index in [0.29, 0.717) is 12.0 Å². The highest BCUT2D eigenvalue weighted by Crippen LogP contribution is 2.38. The van der Waals surface area contributed by atoms with E-state index < -0.39 is 0 Å². The highest BCUT2D eigenvalue weighted by atomic mass is 15.4. The van der Waals surface area contributed by atoms with Crippen molar-refractivity contribution in [2.45, 2.75) is 46.6 Å². The lowest BCUT2D eigenvalue weighted by atomic mass is 9.72. The number of rotatable bonds is 2. The van der Waals surface area contributed by atoms with Crippen molar-refractivity contribution < 1.29 is 0 Å². The minimum atomic E-state index is 0.266. The van der Waals surface area contributed by atoms with Crippen LogP contribution in [0.3, 0.4) is 0 Å². The molecular weight excluding hydrogens is 262 g/mol. The van der Waals surface area contributed by atoms with Gasteiger partial charge in [0, 0.05) is 42.5 Å². The van der Waals surface area contributed by atoms with Crippen LogP contribution in [0.1, 0.15) is 38.1 Å². The van der Waals surface area contributed by atoms with Crippen LogP contribution in [-0.4, -0.2) is 35.6 Å². The van der Waals surface area contributed by atoms with Crippen LogP contribution in [0.5, 0.6) is 0 Å². The van der Waals surface area contributed by atoms with Crippen molar-refractivity contribution >= 4 is 5.95 Å². The van der Waals surface area contributed by atoms with E-state index in [1.807, 2.05) is 19.9 Å². The van der Waals surface area contributed by atoms with Gasteiger partial charge in [-0.3, -0.25) is 10.9 Å². The fourth-order valence-corrected chi connectivity index (χ4v) is 3.99. The molecule has 5 heteroatoms. The second-order valence-electron chi connectivity index (χ2n) is 7.11. The number of hydrogen-bond donors (Lipinski definition) is 2. The van der Waals surface area contributed by atoms with Gasteiger partial charge in [0.05, 0.1) is 0 Å². The predicted octanol–water partition coefficient (Wildman–Crippen LogP) is 1.81. The van der Waals surface area contributed by atoms with E-state index in [2.05, 4.69) is 39.6 Å². The van der Waals surface area contributed by atoms with E-state index in [-0.39, 0.29) is 5.41 Å². The first-order valence-electron chi connectivity index (χ1n) is 8.03. The van der Waals surface area contributed by atoms with Crippen LogP contribution < -0.4 is 15.8 Å². The molecule has 2 fully saturated rings. The van der Waals surface area contributed by atoms with Crippen LogP contribution in [0.25, 0.3) is 0 Å². The molecule has 2 N–H and O–H groups in total. The van der Waals surface area contributed by atoms with Crippen LogP contribution in [-0.2, 0) is 0 Å². The molecule has 0 aromatic carbocycles. The van der Waals surface area contributed by atoms with Gasteiger partial charge < -0.3 is 4.90 Å². The van der Waals surface area contributed by atoms with Crippen molar-refractivity contribution in [2.75, 3.05) is 24.5 Å². The third-order valence-corrected chi connectivity index (χ3v) is 4.98. The van der Waals surface area contributed by atoms with Crippen molar-refractivity contribution in [2.24, 2.45) is 11.3 Å². The highest BCUT2D eigenvalue weighted by Gasteiger charge is 2.43. The molecule has 3 rings (SSSR count). The first-order valence-corrected chi connectivity index (χ1v) is 8.03. The molecule has 116 valence electrons. The Hall–Kier alpha value is -1.20. The number of anilines is 1. The summed E-state index contributed by atoms with van der Waals surface area (Å²) in [5, 5.41) is 0. The van der Waals surface area contributed by atoms with Gasteiger partial charge >= 0.3 is 0 Å². The molecule has 2 aliphatic rings. The fraction of sp³-hybridized carbons (Fsp3) is 0.750. The predicted molar refractivity (Wildman–Crippen MR) is 85.2 cm³/mol. The summed E-state index contributed by atoms with van der Waals surface area (Å²) in [6, 6.07) is 2.56. The average Bonchev–Trinajstić information content (AvgIpc) is 2.85. The Kier molecular flexibility index (Phi) is 3.88. The molecule has 0 radical (unpaired) electrons. The number of aromatic nitrogens is 2. The van der Waals surface area contributed by atoms with E-state index in [9.17, 15) is 0 Å². The van der Waals surface area contributed by atoms with Gasteiger partial charge in [0.1, 0.15) is 0 Å². The van der Waals surface area contributed by atoms with Gasteiger partial charge in [-0.15, -0.1) is 0 Å². The van der Waals surface area contributed by atoms with E-state index >= 15 is 0 Å². The second kappa shape index (κ2) is 5.54. The molecular formula is C16H27N5. The fourth-order valence-electron chi connectivity index (χ4n) is 3.99. The van der Waals surface area contributed by atoms with Crippen molar-refractivity contribution in [3.8, 4) is 0 Å². The standard InChI is InChI=1S/C16H27N5/c1-11-9-17-20-14(11)16(4)6-5-7-21(10-16)15-18-12(2)8-13(3)19-15/h8,11,14,17,20H,5-7,9-10H2,1-4H3. The molecule has 3 heterocycles. The van der Waals surface area contributed by atoms with E-state index in [1.54, 1.807) is 0 Å². The zero-order chi connectivity index (χ0) is 15.0. The number of hydrazine groups is 1. The van der Waals surface area contributed by atoms with Crippen molar-refractivity contribution in [3.63, 3.8) is 0 Å². The summed E-state index contributed by atoms with van der Waals surface area (Å²) >= 11 is 0. The van der Waals surface area contributed by atoms with Crippen LogP contribution in [0.4, 0.5) is 5.95 Å². The summed E-state index contributed by atoms with van der Waals surface area (Å²) in [7, 11) is 0. The molecule has 21 heavy (non-hydrogen) atoms. The van der Waals surface area contributed by atoms with Gasteiger partial charge in [-0.25, -0.2) is 9.97 Å². The summed E-state index contributed by atoms with van der Waals surface area (Å²) in [6.45, 7) is 12.0. The van der Waals surface area contributed by atoms with Crippen molar-refractivity contribution in [3.05, 3.63) is 17.5 Å². The molecule has 0 amide bonds.